The summed E-state index contributed by atoms with van der Waals surface area (Å²) >= 11 is 0. The third-order valence-electron chi connectivity index (χ3n) is 4.99. The van der Waals surface area contributed by atoms with E-state index in [0.717, 1.165) is 31.2 Å². The molecule has 0 saturated heterocycles. The van der Waals surface area contributed by atoms with Crippen LogP contribution in [0.3, 0.4) is 0 Å². The molecule has 1 aromatic carbocycles. The molecule has 0 bridgehead atoms. The Kier molecular flexibility index (Phi) is 12.3. The summed E-state index contributed by atoms with van der Waals surface area (Å²) < 4.78 is 28.1. The van der Waals surface area contributed by atoms with Crippen LogP contribution in [0, 0.1) is 0 Å². The maximum Gasteiger partial charge on any atom is 0.306 e. The van der Waals surface area contributed by atoms with Crippen molar-refractivity contribution in [2.45, 2.75) is 115 Å². The molecule has 0 atom stereocenters. The standard InChI is InChI=1S/C24H41NO4S/c1-24(2,3)29-23(26)19-14-12-10-8-6-4-5-7-9-11-13-16-21-17-15-18-22(20-21)30(25,27)28/h15,17-18,20H,4-14,16,19H2,1-3H3,(H2,25,27,28). The van der Waals surface area contributed by atoms with Crippen LogP contribution in [0.1, 0.15) is 103 Å². The Morgan fingerprint density at radius 3 is 1.87 bits per heavy atom. The molecular formula is C24H41NO4S. The zero-order valence-electron chi connectivity index (χ0n) is 19.1. The van der Waals surface area contributed by atoms with Crippen LogP contribution in [-0.2, 0) is 26.0 Å². The van der Waals surface area contributed by atoms with Gasteiger partial charge in [-0.15, -0.1) is 0 Å². The Balaban J connectivity index is 1.93. The van der Waals surface area contributed by atoms with E-state index in [9.17, 15) is 13.2 Å². The summed E-state index contributed by atoms with van der Waals surface area (Å²) in [7, 11) is -3.61. The number of nitrogens with two attached hydrogens (primary N) is 1. The van der Waals surface area contributed by atoms with Gasteiger partial charge in [0.2, 0.25) is 10.0 Å². The highest BCUT2D eigenvalue weighted by molar-refractivity contribution is 7.89. The predicted molar refractivity (Wildman–Crippen MR) is 123 cm³/mol. The molecule has 0 aliphatic carbocycles. The van der Waals surface area contributed by atoms with Crippen LogP contribution in [0.25, 0.3) is 0 Å². The molecule has 0 fully saturated rings. The van der Waals surface area contributed by atoms with Crippen molar-refractivity contribution in [1.82, 2.24) is 0 Å². The van der Waals surface area contributed by atoms with E-state index in [-0.39, 0.29) is 16.5 Å². The van der Waals surface area contributed by atoms with Gasteiger partial charge in [0, 0.05) is 6.42 Å². The fraction of sp³-hybridized carbons (Fsp3) is 0.708. The minimum Gasteiger partial charge on any atom is -0.460 e. The lowest BCUT2D eigenvalue weighted by molar-refractivity contribution is -0.154. The van der Waals surface area contributed by atoms with Gasteiger partial charge in [-0.05, 0) is 57.7 Å². The third kappa shape index (κ3) is 13.8. The molecule has 172 valence electrons. The van der Waals surface area contributed by atoms with Crippen molar-refractivity contribution in [3.8, 4) is 0 Å². The molecule has 1 rings (SSSR count). The van der Waals surface area contributed by atoms with E-state index in [2.05, 4.69) is 0 Å². The predicted octanol–water partition coefficient (Wildman–Crippen LogP) is 5.90. The highest BCUT2D eigenvalue weighted by atomic mass is 32.2. The summed E-state index contributed by atoms with van der Waals surface area (Å²) in [5.41, 5.74) is 0.656. The first kappa shape index (κ1) is 26.6. The molecule has 5 nitrogen and oxygen atoms in total. The maximum atomic E-state index is 11.6. The van der Waals surface area contributed by atoms with E-state index >= 15 is 0 Å². The van der Waals surface area contributed by atoms with E-state index < -0.39 is 10.0 Å². The number of primary sulfonamides is 1. The zero-order chi connectivity index (χ0) is 22.5. The Labute approximate surface area is 183 Å². The van der Waals surface area contributed by atoms with Crippen molar-refractivity contribution in [2.75, 3.05) is 0 Å². The average molecular weight is 440 g/mol. The quantitative estimate of drug-likeness (QED) is 0.272. The SMILES string of the molecule is CC(C)(C)OC(=O)CCCCCCCCCCCCCc1cccc(S(N)(=O)=O)c1. The minimum absolute atomic E-state index is 0.0837. The number of carbonyl (C=O) groups is 1. The van der Waals surface area contributed by atoms with E-state index in [4.69, 9.17) is 9.88 Å². The molecule has 0 heterocycles. The van der Waals surface area contributed by atoms with Gasteiger partial charge in [0.05, 0.1) is 4.90 Å². The second-order valence-corrected chi connectivity index (χ2v) is 10.7. The van der Waals surface area contributed by atoms with Crippen molar-refractivity contribution in [3.63, 3.8) is 0 Å². The monoisotopic (exact) mass is 439 g/mol. The number of ether oxygens (including phenoxy) is 1. The van der Waals surface area contributed by atoms with E-state index in [1.807, 2.05) is 26.8 Å². The summed E-state index contributed by atoms with van der Waals surface area (Å²) in [6.07, 6.45) is 14.5. The minimum atomic E-state index is -3.61. The van der Waals surface area contributed by atoms with E-state index in [1.165, 1.54) is 51.4 Å². The number of benzene rings is 1. The fourth-order valence-corrected chi connectivity index (χ4v) is 4.04. The molecular weight excluding hydrogens is 398 g/mol. The topological polar surface area (TPSA) is 86.5 Å². The molecule has 0 radical (unpaired) electrons. The molecule has 6 heteroatoms. The van der Waals surface area contributed by atoms with Crippen LogP contribution in [0.4, 0.5) is 0 Å². The second-order valence-electron chi connectivity index (χ2n) is 9.17. The number of sulfonamides is 1. The Hall–Kier alpha value is -1.40. The maximum absolute atomic E-state index is 11.6. The molecule has 0 unspecified atom stereocenters. The van der Waals surface area contributed by atoms with E-state index in [0.29, 0.717) is 6.42 Å². The number of hydrogen-bond donors (Lipinski definition) is 1. The summed E-state index contributed by atoms with van der Waals surface area (Å²) in [5, 5.41) is 5.18. The molecule has 1 aromatic rings. The highest BCUT2D eigenvalue weighted by Gasteiger charge is 2.15. The van der Waals surface area contributed by atoms with Gasteiger partial charge in [-0.2, -0.15) is 0 Å². The lowest BCUT2D eigenvalue weighted by atomic mass is 10.0. The number of aryl methyl sites for hydroxylation is 1. The van der Waals surface area contributed by atoms with Crippen LogP contribution in [0.2, 0.25) is 0 Å². The molecule has 2 N–H and O–H groups in total. The number of hydrogen-bond acceptors (Lipinski definition) is 4. The number of carbonyl (C=O) groups excluding carboxylic acids is 1. The second kappa shape index (κ2) is 13.8. The van der Waals surface area contributed by atoms with Crippen molar-refractivity contribution in [3.05, 3.63) is 29.8 Å². The van der Waals surface area contributed by atoms with Crippen LogP contribution >= 0.6 is 0 Å². The Morgan fingerprint density at radius 2 is 1.37 bits per heavy atom. The zero-order valence-corrected chi connectivity index (χ0v) is 19.9. The molecule has 0 aliphatic heterocycles. The molecule has 0 aromatic heterocycles. The summed E-state index contributed by atoms with van der Waals surface area (Å²) in [4.78, 5) is 11.8. The van der Waals surface area contributed by atoms with Gasteiger partial charge in [0.1, 0.15) is 5.60 Å². The smallest absolute Gasteiger partial charge is 0.306 e. The van der Waals surface area contributed by atoms with Gasteiger partial charge < -0.3 is 4.74 Å². The third-order valence-corrected chi connectivity index (χ3v) is 5.90. The van der Waals surface area contributed by atoms with Crippen LogP contribution in [0.15, 0.2) is 29.2 Å². The Morgan fingerprint density at radius 1 is 0.867 bits per heavy atom. The Bertz CT molecular complexity index is 723. The fourth-order valence-electron chi connectivity index (χ4n) is 3.46. The summed E-state index contributed by atoms with van der Waals surface area (Å²) in [5.74, 6) is -0.0837. The molecule has 30 heavy (non-hydrogen) atoms. The van der Waals surface area contributed by atoms with Gasteiger partial charge in [-0.3, -0.25) is 4.79 Å². The van der Waals surface area contributed by atoms with E-state index in [1.54, 1.807) is 18.2 Å². The van der Waals surface area contributed by atoms with Crippen molar-refractivity contribution in [1.29, 1.82) is 0 Å². The molecule has 0 amide bonds. The van der Waals surface area contributed by atoms with Gasteiger partial charge in [0.25, 0.3) is 0 Å². The van der Waals surface area contributed by atoms with Gasteiger partial charge in [-0.25, -0.2) is 13.6 Å². The first-order chi connectivity index (χ1) is 14.1. The van der Waals surface area contributed by atoms with Gasteiger partial charge in [-0.1, -0.05) is 69.9 Å². The summed E-state index contributed by atoms with van der Waals surface area (Å²) in [6, 6.07) is 6.94. The number of unbranched alkanes of at least 4 members (excludes halogenated alkanes) is 10. The first-order valence-electron chi connectivity index (χ1n) is 11.4. The lowest BCUT2D eigenvalue weighted by Crippen LogP contribution is -2.23. The van der Waals surface area contributed by atoms with Gasteiger partial charge in [0.15, 0.2) is 0 Å². The molecule has 0 spiro atoms. The van der Waals surface area contributed by atoms with Crippen LogP contribution in [0.5, 0.6) is 0 Å². The lowest BCUT2D eigenvalue weighted by Gasteiger charge is -2.19. The van der Waals surface area contributed by atoms with Crippen LogP contribution < -0.4 is 5.14 Å². The highest BCUT2D eigenvalue weighted by Crippen LogP contribution is 2.16. The largest absolute Gasteiger partial charge is 0.460 e. The summed E-state index contributed by atoms with van der Waals surface area (Å²) in [6.45, 7) is 5.71. The average Bonchev–Trinajstić information content (AvgIpc) is 2.63. The first-order valence-corrected chi connectivity index (χ1v) is 13.0. The number of rotatable bonds is 15. The van der Waals surface area contributed by atoms with Crippen molar-refractivity contribution < 1.29 is 17.9 Å². The number of esters is 1. The van der Waals surface area contributed by atoms with Crippen molar-refractivity contribution in [2.24, 2.45) is 5.14 Å². The normalized spacial score (nSPS) is 12.1. The molecule has 0 aliphatic rings. The van der Waals surface area contributed by atoms with Crippen LogP contribution in [-0.4, -0.2) is 20.0 Å². The van der Waals surface area contributed by atoms with Crippen molar-refractivity contribution >= 4 is 16.0 Å². The van der Waals surface area contributed by atoms with Gasteiger partial charge >= 0.3 is 5.97 Å². The molecule has 0 saturated carbocycles.